The van der Waals surface area contributed by atoms with Crippen molar-refractivity contribution in [2.75, 3.05) is 13.6 Å². The summed E-state index contributed by atoms with van der Waals surface area (Å²) in [7, 11) is 1.89. The average Bonchev–Trinajstić information content (AvgIpc) is 2.80. The predicted octanol–water partition coefficient (Wildman–Crippen LogP) is 3.68. The third-order valence-corrected chi connectivity index (χ3v) is 3.92. The fourth-order valence-electron chi connectivity index (χ4n) is 2.15. The molecular formula is C14H12Cl2N2O. The maximum Gasteiger partial charge on any atom is 0.205 e. The van der Waals surface area contributed by atoms with Crippen molar-refractivity contribution in [2.45, 2.75) is 12.8 Å². The number of allylic oxidation sites excluding steroid dienone is 2. The van der Waals surface area contributed by atoms with Crippen LogP contribution in [0.1, 0.15) is 23.2 Å². The van der Waals surface area contributed by atoms with Crippen molar-refractivity contribution in [3.05, 3.63) is 45.1 Å². The second-order valence-corrected chi connectivity index (χ2v) is 5.23. The zero-order valence-electron chi connectivity index (χ0n) is 10.4. The molecule has 0 spiro atoms. The van der Waals surface area contributed by atoms with Gasteiger partial charge in [0.15, 0.2) is 0 Å². The molecule has 0 aromatic heterocycles. The topological polar surface area (TPSA) is 44.1 Å². The highest BCUT2D eigenvalue weighted by Gasteiger charge is 2.23. The Morgan fingerprint density at radius 2 is 2.11 bits per heavy atom. The minimum absolute atomic E-state index is 0.193. The third-order valence-electron chi connectivity index (χ3n) is 3.18. The van der Waals surface area contributed by atoms with E-state index in [-0.39, 0.29) is 11.4 Å². The number of ketones is 1. The summed E-state index contributed by atoms with van der Waals surface area (Å²) < 4.78 is 0. The molecule has 0 atom stereocenters. The molecule has 5 heteroatoms. The summed E-state index contributed by atoms with van der Waals surface area (Å²) in [6.07, 6.45) is 1.72. The van der Waals surface area contributed by atoms with Crippen molar-refractivity contribution in [1.82, 2.24) is 4.90 Å². The molecule has 0 radical (unpaired) electrons. The standard InChI is InChI=1S/C14H12Cl2N2O/c1-18-6-2-3-13(18)10(8-17)14(19)9-4-5-11(15)12(16)7-9/h4-5,7H,2-3,6H2,1H3/b13-10-. The maximum atomic E-state index is 12.4. The van der Waals surface area contributed by atoms with Crippen molar-refractivity contribution in [3.63, 3.8) is 0 Å². The summed E-state index contributed by atoms with van der Waals surface area (Å²) in [6, 6.07) is 6.67. The van der Waals surface area contributed by atoms with Crippen LogP contribution >= 0.6 is 23.2 Å². The van der Waals surface area contributed by atoms with Crippen LogP contribution in [0.25, 0.3) is 0 Å². The fourth-order valence-corrected chi connectivity index (χ4v) is 2.45. The molecule has 2 rings (SSSR count). The lowest BCUT2D eigenvalue weighted by Crippen LogP contribution is -2.15. The SMILES string of the molecule is CN1CCC/C1=C(\C#N)C(=O)c1ccc(Cl)c(Cl)c1. The number of likely N-dealkylation sites (tertiary alicyclic amines) is 1. The van der Waals surface area contributed by atoms with Gasteiger partial charge < -0.3 is 4.90 Å². The van der Waals surface area contributed by atoms with Crippen LogP contribution in [-0.2, 0) is 0 Å². The largest absolute Gasteiger partial charge is 0.377 e. The Bertz CT molecular complexity index is 602. The van der Waals surface area contributed by atoms with E-state index in [2.05, 4.69) is 0 Å². The van der Waals surface area contributed by atoms with E-state index >= 15 is 0 Å². The molecule has 0 N–H and O–H groups in total. The van der Waals surface area contributed by atoms with Gasteiger partial charge in [-0.2, -0.15) is 5.26 Å². The number of rotatable bonds is 2. The van der Waals surface area contributed by atoms with Gasteiger partial charge in [-0.1, -0.05) is 23.2 Å². The van der Waals surface area contributed by atoms with E-state index in [1.165, 1.54) is 6.07 Å². The Balaban J connectivity index is 2.42. The first-order valence-corrected chi connectivity index (χ1v) is 6.64. The van der Waals surface area contributed by atoms with Gasteiger partial charge in [0.05, 0.1) is 10.0 Å². The number of halogens is 2. The summed E-state index contributed by atoms with van der Waals surface area (Å²) in [5.74, 6) is -0.301. The Labute approximate surface area is 122 Å². The minimum atomic E-state index is -0.301. The van der Waals surface area contributed by atoms with Crippen molar-refractivity contribution >= 4 is 29.0 Å². The van der Waals surface area contributed by atoms with Gasteiger partial charge >= 0.3 is 0 Å². The number of nitriles is 1. The molecule has 1 aromatic rings. The molecule has 0 saturated carbocycles. The number of carbonyl (C=O) groups is 1. The van der Waals surface area contributed by atoms with Crippen LogP contribution in [0.4, 0.5) is 0 Å². The van der Waals surface area contributed by atoms with Crippen molar-refractivity contribution in [3.8, 4) is 6.07 Å². The first-order valence-electron chi connectivity index (χ1n) is 5.88. The molecule has 98 valence electrons. The number of carbonyl (C=O) groups excluding carboxylic acids is 1. The average molecular weight is 295 g/mol. The number of hydrogen-bond acceptors (Lipinski definition) is 3. The molecule has 0 aliphatic carbocycles. The van der Waals surface area contributed by atoms with Crippen molar-refractivity contribution < 1.29 is 4.79 Å². The molecule has 0 amide bonds. The van der Waals surface area contributed by atoms with Gasteiger partial charge in [-0.15, -0.1) is 0 Å². The molecule has 1 saturated heterocycles. The second kappa shape index (κ2) is 5.64. The number of hydrogen-bond donors (Lipinski definition) is 0. The minimum Gasteiger partial charge on any atom is -0.377 e. The van der Waals surface area contributed by atoms with Crippen LogP contribution in [0.3, 0.4) is 0 Å². The molecule has 1 aromatic carbocycles. The van der Waals surface area contributed by atoms with E-state index in [1.807, 2.05) is 18.0 Å². The second-order valence-electron chi connectivity index (χ2n) is 4.42. The van der Waals surface area contributed by atoms with Crippen molar-refractivity contribution in [2.24, 2.45) is 0 Å². The van der Waals surface area contributed by atoms with Gasteiger partial charge in [-0.05, 0) is 31.0 Å². The lowest BCUT2D eigenvalue weighted by molar-refractivity contribution is 0.103. The third kappa shape index (κ3) is 2.75. The summed E-state index contributed by atoms with van der Waals surface area (Å²) >= 11 is 11.7. The summed E-state index contributed by atoms with van der Waals surface area (Å²) in [5.41, 5.74) is 1.38. The van der Waals surface area contributed by atoms with E-state index < -0.39 is 0 Å². The number of benzene rings is 1. The number of Topliss-reactive ketones (excluding diaryl/α,β-unsaturated/α-hetero) is 1. The smallest absolute Gasteiger partial charge is 0.205 e. The van der Waals surface area contributed by atoms with Crippen LogP contribution in [0.15, 0.2) is 29.5 Å². The van der Waals surface area contributed by atoms with E-state index in [0.717, 1.165) is 25.1 Å². The van der Waals surface area contributed by atoms with Gasteiger partial charge in [0.2, 0.25) is 5.78 Å². The monoisotopic (exact) mass is 294 g/mol. The van der Waals surface area contributed by atoms with Gasteiger partial charge in [-0.25, -0.2) is 0 Å². The zero-order valence-corrected chi connectivity index (χ0v) is 11.9. The predicted molar refractivity (Wildman–Crippen MR) is 75.3 cm³/mol. The summed E-state index contributed by atoms with van der Waals surface area (Å²) in [6.45, 7) is 0.870. The van der Waals surface area contributed by atoms with E-state index in [4.69, 9.17) is 23.2 Å². The van der Waals surface area contributed by atoms with Crippen molar-refractivity contribution in [1.29, 1.82) is 5.26 Å². The normalized spacial score (nSPS) is 17.3. The highest BCUT2D eigenvalue weighted by molar-refractivity contribution is 6.42. The van der Waals surface area contributed by atoms with E-state index in [0.29, 0.717) is 15.6 Å². The fraction of sp³-hybridized carbons (Fsp3) is 0.286. The van der Waals surface area contributed by atoms with Crippen LogP contribution in [0, 0.1) is 11.3 Å². The first kappa shape index (κ1) is 13.9. The van der Waals surface area contributed by atoms with Crippen LogP contribution in [0.5, 0.6) is 0 Å². The molecule has 1 heterocycles. The van der Waals surface area contributed by atoms with E-state index in [9.17, 15) is 10.1 Å². The van der Waals surface area contributed by atoms with Gasteiger partial charge in [0, 0.05) is 24.9 Å². The molecule has 0 unspecified atom stereocenters. The van der Waals surface area contributed by atoms with Gasteiger partial charge in [-0.3, -0.25) is 4.79 Å². The van der Waals surface area contributed by atoms with E-state index in [1.54, 1.807) is 12.1 Å². The van der Waals surface area contributed by atoms with Gasteiger partial charge in [0.1, 0.15) is 11.6 Å². The Morgan fingerprint density at radius 3 is 2.63 bits per heavy atom. The Morgan fingerprint density at radius 1 is 1.37 bits per heavy atom. The van der Waals surface area contributed by atoms with Crippen LogP contribution in [-0.4, -0.2) is 24.3 Å². The van der Waals surface area contributed by atoms with Gasteiger partial charge in [0.25, 0.3) is 0 Å². The molecule has 19 heavy (non-hydrogen) atoms. The molecule has 0 bridgehead atoms. The highest BCUT2D eigenvalue weighted by atomic mass is 35.5. The highest BCUT2D eigenvalue weighted by Crippen LogP contribution is 2.27. The summed E-state index contributed by atoms with van der Waals surface area (Å²) in [5, 5.41) is 9.95. The Hall–Kier alpha value is -1.50. The molecule has 1 aliphatic rings. The zero-order chi connectivity index (χ0) is 14.0. The Kier molecular flexibility index (Phi) is 4.14. The molecule has 1 aliphatic heterocycles. The molecule has 1 fully saturated rings. The first-order chi connectivity index (χ1) is 9.04. The summed E-state index contributed by atoms with van der Waals surface area (Å²) in [4.78, 5) is 14.3. The molecular weight excluding hydrogens is 283 g/mol. The quantitative estimate of drug-likeness (QED) is 0.475. The lowest BCUT2D eigenvalue weighted by atomic mass is 10.0. The lowest BCUT2D eigenvalue weighted by Gasteiger charge is -2.14. The van der Waals surface area contributed by atoms with Crippen LogP contribution < -0.4 is 0 Å². The number of nitrogens with zero attached hydrogens (tertiary/aromatic N) is 2. The maximum absolute atomic E-state index is 12.4. The molecule has 3 nitrogen and oxygen atoms in total. The van der Waals surface area contributed by atoms with Crippen LogP contribution in [0.2, 0.25) is 10.0 Å².